The van der Waals surface area contributed by atoms with Gasteiger partial charge in [-0.05, 0) is 78.6 Å². The molecule has 1 amide bonds. The Balaban J connectivity index is 1.19. The number of likely N-dealkylation sites (tertiary alicyclic amines) is 2. The number of piperidine rings is 2. The van der Waals surface area contributed by atoms with Crippen LogP contribution in [0.15, 0.2) is 30.7 Å². The van der Waals surface area contributed by atoms with Crippen LogP contribution < -0.4 is 5.32 Å². The molecule has 3 aliphatic heterocycles. The van der Waals surface area contributed by atoms with Crippen LogP contribution in [0.1, 0.15) is 43.4 Å². The molecule has 9 heteroatoms. The number of hydrogen-bond donors (Lipinski definition) is 2. The third kappa shape index (κ3) is 3.72. The summed E-state index contributed by atoms with van der Waals surface area (Å²) in [5.74, 6) is -0.0143. The Bertz CT molecular complexity index is 1440. The van der Waals surface area contributed by atoms with Gasteiger partial charge < -0.3 is 15.3 Å². The van der Waals surface area contributed by atoms with Crippen LogP contribution in [0.3, 0.4) is 0 Å². The Morgan fingerprint density at radius 2 is 1.92 bits per heavy atom. The summed E-state index contributed by atoms with van der Waals surface area (Å²) in [5, 5.41) is 19.4. The number of aliphatic hydroxyl groups is 1. The number of aromatic nitrogens is 3. The van der Waals surface area contributed by atoms with Gasteiger partial charge in [0.05, 0.1) is 17.1 Å². The smallest absolute Gasteiger partial charge is 0.229 e. The molecule has 4 fully saturated rings. The zero-order valence-corrected chi connectivity index (χ0v) is 23.0. The molecule has 38 heavy (non-hydrogen) atoms. The maximum absolute atomic E-state index is 13.0. The van der Waals surface area contributed by atoms with Crippen LogP contribution in [-0.2, 0) is 17.9 Å². The molecule has 3 unspecified atom stereocenters. The van der Waals surface area contributed by atoms with Crippen molar-refractivity contribution in [2.75, 3.05) is 26.2 Å². The molecule has 1 aliphatic carbocycles. The van der Waals surface area contributed by atoms with Gasteiger partial charge in [-0.15, -0.1) is 0 Å². The van der Waals surface area contributed by atoms with Gasteiger partial charge in [0.25, 0.3) is 0 Å². The molecule has 200 valence electrons. The summed E-state index contributed by atoms with van der Waals surface area (Å²) < 4.78 is 1.82. The predicted molar refractivity (Wildman–Crippen MR) is 145 cm³/mol. The summed E-state index contributed by atoms with van der Waals surface area (Å²) in [6, 6.07) is 6.10. The van der Waals surface area contributed by atoms with Crippen molar-refractivity contribution < 1.29 is 9.90 Å². The molecule has 3 saturated heterocycles. The number of aliphatic hydroxyl groups excluding tert-OH is 1. The van der Waals surface area contributed by atoms with E-state index in [0.29, 0.717) is 17.0 Å². The number of fused-ring (bicyclic) bond motifs is 2. The summed E-state index contributed by atoms with van der Waals surface area (Å²) in [6.45, 7) is 12.0. The average Bonchev–Trinajstić information content (AvgIpc) is 3.10. The summed E-state index contributed by atoms with van der Waals surface area (Å²) in [5.41, 5.74) is 6.46. The van der Waals surface area contributed by atoms with Crippen LogP contribution in [-0.4, -0.2) is 67.8 Å². The number of halogens is 1. The van der Waals surface area contributed by atoms with Crippen molar-refractivity contribution in [2.24, 2.45) is 22.7 Å². The van der Waals surface area contributed by atoms with E-state index < -0.39 is 6.23 Å². The Morgan fingerprint density at radius 1 is 1.16 bits per heavy atom. The molecule has 3 aromatic rings. The molecular formula is C29H35ClN6O2. The minimum atomic E-state index is -0.738. The summed E-state index contributed by atoms with van der Waals surface area (Å²) in [6.07, 6.45) is 5.25. The second-order valence-corrected chi connectivity index (χ2v) is 13.1. The fraction of sp³-hybridized carbons (Fsp3) is 0.552. The molecule has 1 aromatic carbocycles. The van der Waals surface area contributed by atoms with E-state index in [1.807, 2.05) is 28.9 Å². The lowest BCUT2D eigenvalue weighted by Crippen LogP contribution is -2.58. The lowest BCUT2D eigenvalue weighted by Gasteiger charge is -2.48. The molecular weight excluding hydrogens is 500 g/mol. The van der Waals surface area contributed by atoms with E-state index in [0.717, 1.165) is 60.6 Å². The number of hydrogen-bond acceptors (Lipinski definition) is 6. The molecule has 2 N–H and O–H groups in total. The second-order valence-electron chi connectivity index (χ2n) is 12.6. The Kier molecular flexibility index (Phi) is 5.48. The number of carbonyl (C=O) groups excluding carboxylic acids is 1. The maximum atomic E-state index is 13.0. The van der Waals surface area contributed by atoms with E-state index in [1.54, 1.807) is 11.2 Å². The third-order valence-corrected chi connectivity index (χ3v) is 10.1. The first-order chi connectivity index (χ1) is 18.2. The quantitative estimate of drug-likeness (QED) is 0.521. The lowest BCUT2D eigenvalue weighted by molar-refractivity contribution is -0.140. The van der Waals surface area contributed by atoms with Gasteiger partial charge in [0.2, 0.25) is 5.91 Å². The number of nitrogens with zero attached hydrogens (tertiary/aromatic N) is 5. The summed E-state index contributed by atoms with van der Waals surface area (Å²) in [4.78, 5) is 21.8. The average molecular weight is 535 g/mol. The minimum Gasteiger partial charge on any atom is -0.373 e. The van der Waals surface area contributed by atoms with Gasteiger partial charge in [-0.1, -0.05) is 25.4 Å². The monoisotopic (exact) mass is 534 g/mol. The molecule has 1 saturated carbocycles. The first-order valence-corrected chi connectivity index (χ1v) is 14.1. The molecule has 0 radical (unpaired) electrons. The maximum Gasteiger partial charge on any atom is 0.229 e. The standard InChI is InChI=1S/C29H35ClN6O2/c1-17-8-19(30)10-20(21(17)13-34-6-4-29(5-7-34)14-31-15-29)25-22-9-18(12-36(22)33-16-32-25)11-35-26(37)23-24(27(35)38)28(23,2)3/h8-10,12,16,23-24,26,31,37H,4-7,11,13-15H2,1-3H3. The number of nitrogens with one attached hydrogen (secondary N) is 1. The Morgan fingerprint density at radius 3 is 2.58 bits per heavy atom. The van der Waals surface area contributed by atoms with Crippen molar-refractivity contribution in [3.05, 3.63) is 52.4 Å². The highest BCUT2D eigenvalue weighted by atomic mass is 35.5. The molecule has 3 atom stereocenters. The van der Waals surface area contributed by atoms with Gasteiger partial charge in [-0.3, -0.25) is 9.69 Å². The first-order valence-electron chi connectivity index (χ1n) is 13.7. The van der Waals surface area contributed by atoms with Crippen molar-refractivity contribution in [1.29, 1.82) is 0 Å². The minimum absolute atomic E-state index is 0.0181. The van der Waals surface area contributed by atoms with Crippen LogP contribution in [0.5, 0.6) is 0 Å². The van der Waals surface area contributed by atoms with Crippen molar-refractivity contribution >= 4 is 23.0 Å². The highest BCUT2D eigenvalue weighted by Gasteiger charge is 2.71. The van der Waals surface area contributed by atoms with Gasteiger partial charge >= 0.3 is 0 Å². The zero-order chi connectivity index (χ0) is 26.4. The lowest BCUT2D eigenvalue weighted by atomic mass is 9.73. The van der Waals surface area contributed by atoms with Crippen molar-refractivity contribution in [3.63, 3.8) is 0 Å². The van der Waals surface area contributed by atoms with Crippen LogP contribution in [0, 0.1) is 29.6 Å². The van der Waals surface area contributed by atoms with Crippen molar-refractivity contribution in [3.8, 4) is 11.3 Å². The third-order valence-electron chi connectivity index (χ3n) is 9.91. The SMILES string of the molecule is Cc1cc(Cl)cc(-c2ncnn3cc(CN4C(=O)C5C(C4O)C5(C)C)cc23)c1CN1CCC2(CC1)CNC2. The fourth-order valence-electron chi connectivity index (χ4n) is 7.29. The van der Waals surface area contributed by atoms with Crippen molar-refractivity contribution in [1.82, 2.24) is 29.7 Å². The second kappa shape index (κ2) is 8.49. The van der Waals surface area contributed by atoms with Crippen LogP contribution in [0.4, 0.5) is 0 Å². The van der Waals surface area contributed by atoms with E-state index in [-0.39, 0.29) is 23.2 Å². The van der Waals surface area contributed by atoms with Gasteiger partial charge in [0, 0.05) is 48.9 Å². The number of rotatable bonds is 5. The fourth-order valence-corrected chi connectivity index (χ4v) is 7.56. The van der Waals surface area contributed by atoms with Crippen LogP contribution >= 0.6 is 11.6 Å². The molecule has 5 heterocycles. The number of carbonyl (C=O) groups is 1. The number of benzene rings is 1. The van der Waals surface area contributed by atoms with Crippen molar-refractivity contribution in [2.45, 2.75) is 52.9 Å². The zero-order valence-electron chi connectivity index (χ0n) is 22.2. The number of amides is 1. The van der Waals surface area contributed by atoms with Gasteiger partial charge in [-0.25, -0.2) is 9.50 Å². The Labute approximate surface area is 228 Å². The molecule has 2 aromatic heterocycles. The summed E-state index contributed by atoms with van der Waals surface area (Å²) in [7, 11) is 0. The normalized spacial score (nSPS) is 27.7. The van der Waals surface area contributed by atoms with Crippen LogP contribution in [0.25, 0.3) is 16.8 Å². The Hall–Kier alpha value is -2.52. The predicted octanol–water partition coefficient (Wildman–Crippen LogP) is 3.48. The highest BCUT2D eigenvalue weighted by molar-refractivity contribution is 6.31. The van der Waals surface area contributed by atoms with E-state index in [1.165, 1.54) is 18.4 Å². The number of aryl methyl sites for hydroxylation is 1. The first kappa shape index (κ1) is 24.5. The largest absolute Gasteiger partial charge is 0.373 e. The van der Waals surface area contributed by atoms with Gasteiger partial charge in [0.1, 0.15) is 12.6 Å². The molecule has 7 rings (SSSR count). The van der Waals surface area contributed by atoms with E-state index >= 15 is 0 Å². The highest BCUT2D eigenvalue weighted by Crippen LogP contribution is 2.65. The van der Waals surface area contributed by atoms with Gasteiger partial charge in [-0.2, -0.15) is 5.10 Å². The summed E-state index contributed by atoms with van der Waals surface area (Å²) >= 11 is 6.58. The molecule has 4 aliphatic rings. The van der Waals surface area contributed by atoms with E-state index in [4.69, 9.17) is 16.6 Å². The van der Waals surface area contributed by atoms with E-state index in [9.17, 15) is 9.90 Å². The van der Waals surface area contributed by atoms with Crippen LogP contribution in [0.2, 0.25) is 5.02 Å². The van der Waals surface area contributed by atoms with E-state index in [2.05, 4.69) is 36.1 Å². The topological polar surface area (TPSA) is 86.0 Å². The molecule has 8 nitrogen and oxygen atoms in total. The molecule has 0 bridgehead atoms. The van der Waals surface area contributed by atoms with Gasteiger partial charge in [0.15, 0.2) is 0 Å². The molecule has 1 spiro atoms.